The molecule has 4 unspecified atom stereocenters. The lowest BCUT2D eigenvalue weighted by molar-refractivity contribution is 0.159. The summed E-state index contributed by atoms with van der Waals surface area (Å²) in [5, 5.41) is 3.78. The molecule has 2 heteroatoms. The van der Waals surface area contributed by atoms with Gasteiger partial charge in [0.1, 0.15) is 0 Å². The summed E-state index contributed by atoms with van der Waals surface area (Å²) in [5.41, 5.74) is 0. The van der Waals surface area contributed by atoms with Crippen LogP contribution in [-0.2, 0) is 0 Å². The molecule has 0 amide bonds. The lowest BCUT2D eigenvalue weighted by Gasteiger charge is -2.34. The molecule has 92 valence electrons. The molecule has 2 heterocycles. The van der Waals surface area contributed by atoms with E-state index in [0.717, 1.165) is 23.8 Å². The summed E-state index contributed by atoms with van der Waals surface area (Å²) in [6.45, 7) is 7.73. The van der Waals surface area contributed by atoms with Crippen LogP contribution in [0, 0.1) is 17.8 Å². The van der Waals surface area contributed by atoms with Crippen molar-refractivity contribution < 1.29 is 0 Å². The summed E-state index contributed by atoms with van der Waals surface area (Å²) in [7, 11) is 0. The zero-order chi connectivity index (χ0) is 11.0. The molecular formula is C14H26N2. The monoisotopic (exact) mass is 222 g/mol. The molecule has 4 atom stereocenters. The Labute approximate surface area is 99.8 Å². The average Bonchev–Trinajstić information content (AvgIpc) is 2.83. The smallest absolute Gasteiger partial charge is 0.0226 e. The van der Waals surface area contributed by atoms with Crippen LogP contribution in [0.4, 0.5) is 0 Å². The molecule has 0 bridgehead atoms. The predicted octanol–water partition coefficient (Wildman–Crippen LogP) is 2.11. The largest absolute Gasteiger partial charge is 0.312 e. The van der Waals surface area contributed by atoms with Crippen LogP contribution in [0.25, 0.3) is 0 Å². The number of nitrogens with one attached hydrogen (secondary N) is 1. The third-order valence-corrected chi connectivity index (χ3v) is 5.07. The van der Waals surface area contributed by atoms with Crippen molar-refractivity contribution in [3.8, 4) is 0 Å². The van der Waals surface area contributed by atoms with Crippen LogP contribution in [0.2, 0.25) is 0 Å². The molecule has 2 saturated heterocycles. The molecule has 2 aliphatic heterocycles. The number of likely N-dealkylation sites (tertiary alicyclic amines) is 1. The van der Waals surface area contributed by atoms with Crippen molar-refractivity contribution >= 4 is 0 Å². The standard InChI is InChI=1S/C14H26N2/c1-11-4-3-7-16(9-11)10-14-13-6-2-5-12(13)8-15-14/h11-15H,2-10H2,1H3. The molecule has 1 aliphatic carbocycles. The van der Waals surface area contributed by atoms with Gasteiger partial charge >= 0.3 is 0 Å². The average molecular weight is 222 g/mol. The van der Waals surface area contributed by atoms with E-state index in [-0.39, 0.29) is 0 Å². The number of rotatable bonds is 2. The van der Waals surface area contributed by atoms with Crippen molar-refractivity contribution in [1.82, 2.24) is 10.2 Å². The highest BCUT2D eigenvalue weighted by molar-refractivity contribution is 4.95. The van der Waals surface area contributed by atoms with E-state index in [1.807, 2.05) is 0 Å². The van der Waals surface area contributed by atoms with Crippen molar-refractivity contribution in [1.29, 1.82) is 0 Å². The maximum absolute atomic E-state index is 3.78. The maximum atomic E-state index is 3.78. The van der Waals surface area contributed by atoms with Gasteiger partial charge in [-0.15, -0.1) is 0 Å². The summed E-state index contributed by atoms with van der Waals surface area (Å²) in [5.74, 6) is 2.96. The summed E-state index contributed by atoms with van der Waals surface area (Å²) in [4.78, 5) is 2.71. The summed E-state index contributed by atoms with van der Waals surface area (Å²) in [6.07, 6.45) is 7.34. The minimum Gasteiger partial charge on any atom is -0.312 e. The van der Waals surface area contributed by atoms with E-state index in [1.54, 1.807) is 0 Å². The molecule has 1 saturated carbocycles. The lowest BCUT2D eigenvalue weighted by atomic mass is 9.92. The zero-order valence-electron chi connectivity index (χ0n) is 10.6. The molecule has 0 radical (unpaired) electrons. The van der Waals surface area contributed by atoms with Gasteiger partial charge in [0.05, 0.1) is 0 Å². The van der Waals surface area contributed by atoms with Crippen molar-refractivity contribution in [2.75, 3.05) is 26.2 Å². The van der Waals surface area contributed by atoms with Crippen LogP contribution < -0.4 is 5.32 Å². The normalized spacial score (nSPS) is 44.8. The highest BCUT2D eigenvalue weighted by atomic mass is 15.2. The van der Waals surface area contributed by atoms with Crippen molar-refractivity contribution in [3.05, 3.63) is 0 Å². The molecule has 3 fully saturated rings. The van der Waals surface area contributed by atoms with Gasteiger partial charge in [-0.05, 0) is 56.5 Å². The summed E-state index contributed by atoms with van der Waals surface area (Å²) >= 11 is 0. The summed E-state index contributed by atoms with van der Waals surface area (Å²) < 4.78 is 0. The van der Waals surface area contributed by atoms with E-state index in [4.69, 9.17) is 0 Å². The first kappa shape index (κ1) is 11.0. The van der Waals surface area contributed by atoms with E-state index in [9.17, 15) is 0 Å². The van der Waals surface area contributed by atoms with Crippen molar-refractivity contribution in [2.24, 2.45) is 17.8 Å². The molecule has 0 aromatic carbocycles. The Morgan fingerprint density at radius 1 is 1.19 bits per heavy atom. The number of hydrogen-bond acceptors (Lipinski definition) is 2. The topological polar surface area (TPSA) is 15.3 Å². The van der Waals surface area contributed by atoms with Gasteiger partial charge in [0.15, 0.2) is 0 Å². The fourth-order valence-electron chi connectivity index (χ4n) is 4.23. The van der Waals surface area contributed by atoms with Gasteiger partial charge in [-0.25, -0.2) is 0 Å². The third-order valence-electron chi connectivity index (χ3n) is 5.07. The highest BCUT2D eigenvalue weighted by Crippen LogP contribution is 2.38. The fraction of sp³-hybridized carbons (Fsp3) is 1.00. The second kappa shape index (κ2) is 4.66. The Morgan fingerprint density at radius 3 is 3.00 bits per heavy atom. The molecule has 0 aromatic heterocycles. The molecule has 16 heavy (non-hydrogen) atoms. The maximum Gasteiger partial charge on any atom is 0.0226 e. The fourth-order valence-corrected chi connectivity index (χ4v) is 4.23. The third kappa shape index (κ3) is 2.14. The molecule has 3 rings (SSSR count). The van der Waals surface area contributed by atoms with E-state index >= 15 is 0 Å². The van der Waals surface area contributed by atoms with Crippen molar-refractivity contribution in [3.63, 3.8) is 0 Å². The van der Waals surface area contributed by atoms with Crippen LogP contribution in [0.15, 0.2) is 0 Å². The second-order valence-electron chi connectivity index (χ2n) is 6.38. The van der Waals surface area contributed by atoms with Gasteiger partial charge in [-0.3, -0.25) is 0 Å². The zero-order valence-corrected chi connectivity index (χ0v) is 10.6. The van der Waals surface area contributed by atoms with Crippen LogP contribution in [0.3, 0.4) is 0 Å². The van der Waals surface area contributed by atoms with Gasteiger partial charge in [0.2, 0.25) is 0 Å². The van der Waals surface area contributed by atoms with Crippen molar-refractivity contribution in [2.45, 2.75) is 45.1 Å². The quantitative estimate of drug-likeness (QED) is 0.770. The molecule has 3 aliphatic rings. The van der Waals surface area contributed by atoms with E-state index in [1.165, 1.54) is 58.3 Å². The Hall–Kier alpha value is -0.0800. The predicted molar refractivity (Wildman–Crippen MR) is 67.5 cm³/mol. The Morgan fingerprint density at radius 2 is 2.12 bits per heavy atom. The first-order chi connectivity index (χ1) is 7.83. The minimum absolute atomic E-state index is 0.817. The van der Waals surface area contributed by atoms with Gasteiger partial charge in [-0.1, -0.05) is 13.3 Å². The van der Waals surface area contributed by atoms with Gasteiger partial charge in [0, 0.05) is 19.1 Å². The Bertz CT molecular complexity index is 241. The van der Waals surface area contributed by atoms with Crippen LogP contribution in [-0.4, -0.2) is 37.1 Å². The first-order valence-electron chi connectivity index (χ1n) is 7.28. The minimum atomic E-state index is 0.817. The SMILES string of the molecule is CC1CCCN(CC2NCC3CCCC32)C1. The lowest BCUT2D eigenvalue weighted by Crippen LogP contribution is -2.44. The van der Waals surface area contributed by atoms with Crippen LogP contribution >= 0.6 is 0 Å². The van der Waals surface area contributed by atoms with Gasteiger partial charge < -0.3 is 10.2 Å². The van der Waals surface area contributed by atoms with Crippen LogP contribution in [0.5, 0.6) is 0 Å². The van der Waals surface area contributed by atoms with Gasteiger partial charge in [0.25, 0.3) is 0 Å². The molecule has 0 spiro atoms. The number of fused-ring (bicyclic) bond motifs is 1. The van der Waals surface area contributed by atoms with E-state index < -0.39 is 0 Å². The summed E-state index contributed by atoms with van der Waals surface area (Å²) in [6, 6.07) is 0.817. The Kier molecular flexibility index (Phi) is 3.21. The van der Waals surface area contributed by atoms with E-state index in [0.29, 0.717) is 0 Å². The Balaban J connectivity index is 1.54. The van der Waals surface area contributed by atoms with Gasteiger partial charge in [-0.2, -0.15) is 0 Å². The highest BCUT2D eigenvalue weighted by Gasteiger charge is 2.39. The van der Waals surface area contributed by atoms with Crippen LogP contribution in [0.1, 0.15) is 39.0 Å². The molecule has 2 nitrogen and oxygen atoms in total. The molecule has 0 aromatic rings. The molecular weight excluding hydrogens is 196 g/mol. The number of nitrogens with zero attached hydrogens (tertiary/aromatic N) is 1. The number of piperidine rings is 1. The number of hydrogen-bond donors (Lipinski definition) is 1. The molecule has 1 N–H and O–H groups in total. The first-order valence-corrected chi connectivity index (χ1v) is 7.28. The second-order valence-corrected chi connectivity index (χ2v) is 6.38. The van der Waals surface area contributed by atoms with E-state index in [2.05, 4.69) is 17.1 Å².